The second-order valence-electron chi connectivity index (χ2n) is 12.8. The van der Waals surface area contributed by atoms with Gasteiger partial charge in [-0.15, -0.1) is 0 Å². The normalized spacial score (nSPS) is 15.2. The first-order valence-corrected chi connectivity index (χ1v) is 18.5. The fourth-order valence-corrected chi connectivity index (χ4v) is 6.44. The van der Waals surface area contributed by atoms with Gasteiger partial charge in [-0.1, -0.05) is 181 Å². The summed E-state index contributed by atoms with van der Waals surface area (Å²) < 4.78 is 0. The summed E-state index contributed by atoms with van der Waals surface area (Å²) in [6, 6.07) is 0. The molecule has 0 bridgehead atoms. The number of hydrogen-bond acceptors (Lipinski definition) is 2. The second-order valence-corrected chi connectivity index (χ2v) is 12.8. The zero-order valence-corrected chi connectivity index (χ0v) is 27.5. The third-order valence-corrected chi connectivity index (χ3v) is 9.17. The van der Waals surface area contributed by atoms with E-state index in [0.29, 0.717) is 6.17 Å². The maximum atomic E-state index is 2.66. The first kappa shape index (κ1) is 36.4. The van der Waals surface area contributed by atoms with E-state index in [1.54, 1.807) is 0 Å². The second kappa shape index (κ2) is 28.9. The van der Waals surface area contributed by atoms with Crippen LogP contribution >= 0.6 is 0 Å². The van der Waals surface area contributed by atoms with Crippen molar-refractivity contribution in [1.82, 2.24) is 9.80 Å². The van der Waals surface area contributed by atoms with Gasteiger partial charge in [0, 0.05) is 25.5 Å². The van der Waals surface area contributed by atoms with Crippen molar-refractivity contribution >= 4 is 0 Å². The van der Waals surface area contributed by atoms with Crippen molar-refractivity contribution in [3.8, 4) is 0 Å². The minimum atomic E-state index is 0.634. The smallest absolute Gasteiger partial charge is 0.101 e. The zero-order valence-electron chi connectivity index (χ0n) is 27.5. The van der Waals surface area contributed by atoms with E-state index in [-0.39, 0.29) is 0 Å². The van der Waals surface area contributed by atoms with Crippen LogP contribution in [0.1, 0.15) is 207 Å². The first-order valence-electron chi connectivity index (χ1n) is 18.5. The summed E-state index contributed by atoms with van der Waals surface area (Å²) in [5.74, 6) is 0. The van der Waals surface area contributed by atoms with Gasteiger partial charge in [-0.25, -0.2) is 0 Å². The van der Waals surface area contributed by atoms with Gasteiger partial charge in [0.1, 0.15) is 6.17 Å². The standard InChI is InChI=1S/C37H74N2/c1-4-7-9-11-13-15-17-19-20-21-22-24-26-28-30-32-34-39-36-35-38(6-3)37(39)33-31-29-27-25-23-18-16-14-12-10-8-5-2/h35-37H,4-34H2,1-3H3. The van der Waals surface area contributed by atoms with Gasteiger partial charge in [-0.3, -0.25) is 0 Å². The Labute approximate surface area is 248 Å². The summed E-state index contributed by atoms with van der Waals surface area (Å²) in [6.45, 7) is 9.34. The molecular weight excluding hydrogens is 472 g/mol. The van der Waals surface area contributed by atoms with E-state index in [1.165, 1.54) is 193 Å². The van der Waals surface area contributed by atoms with Crippen LogP contribution in [0.25, 0.3) is 0 Å². The molecular formula is C37H74N2. The largest absolute Gasteiger partial charge is 0.356 e. The lowest BCUT2D eigenvalue weighted by molar-refractivity contribution is 0.142. The summed E-state index contributed by atoms with van der Waals surface area (Å²) in [5, 5.41) is 0. The molecule has 0 amide bonds. The minimum Gasteiger partial charge on any atom is -0.356 e. The molecule has 0 aromatic rings. The van der Waals surface area contributed by atoms with Gasteiger partial charge in [0.15, 0.2) is 0 Å². The Balaban J connectivity index is 1.93. The Morgan fingerprint density at radius 1 is 0.359 bits per heavy atom. The van der Waals surface area contributed by atoms with Crippen LogP contribution in [0.15, 0.2) is 12.4 Å². The molecule has 2 heteroatoms. The first-order chi connectivity index (χ1) is 19.3. The summed E-state index contributed by atoms with van der Waals surface area (Å²) in [5.41, 5.74) is 0. The van der Waals surface area contributed by atoms with Crippen LogP contribution in [-0.2, 0) is 0 Å². The van der Waals surface area contributed by atoms with Crippen molar-refractivity contribution in [2.75, 3.05) is 13.1 Å². The molecule has 1 unspecified atom stereocenters. The van der Waals surface area contributed by atoms with Crippen LogP contribution in [0.2, 0.25) is 0 Å². The van der Waals surface area contributed by atoms with Crippen LogP contribution in [0, 0.1) is 0 Å². The lowest BCUT2D eigenvalue weighted by Gasteiger charge is -2.32. The van der Waals surface area contributed by atoms with E-state index in [9.17, 15) is 0 Å². The van der Waals surface area contributed by atoms with E-state index in [4.69, 9.17) is 0 Å². The van der Waals surface area contributed by atoms with Crippen molar-refractivity contribution in [1.29, 1.82) is 0 Å². The summed E-state index contributed by atoms with van der Waals surface area (Å²) in [6.07, 6.45) is 47.3. The molecule has 1 rings (SSSR count). The van der Waals surface area contributed by atoms with E-state index in [2.05, 4.69) is 43.0 Å². The molecule has 39 heavy (non-hydrogen) atoms. The van der Waals surface area contributed by atoms with Gasteiger partial charge in [-0.05, 0) is 26.2 Å². The average molecular weight is 547 g/mol. The molecule has 0 aromatic heterocycles. The van der Waals surface area contributed by atoms with E-state index in [1.807, 2.05) is 0 Å². The molecule has 0 saturated heterocycles. The molecule has 2 nitrogen and oxygen atoms in total. The maximum Gasteiger partial charge on any atom is 0.101 e. The van der Waals surface area contributed by atoms with Gasteiger partial charge in [0.25, 0.3) is 0 Å². The average Bonchev–Trinajstić information content (AvgIpc) is 3.34. The third-order valence-electron chi connectivity index (χ3n) is 9.17. The summed E-state index contributed by atoms with van der Waals surface area (Å²) in [7, 11) is 0. The van der Waals surface area contributed by atoms with E-state index >= 15 is 0 Å². The molecule has 0 N–H and O–H groups in total. The minimum absolute atomic E-state index is 0.634. The van der Waals surface area contributed by atoms with Crippen LogP contribution in [0.4, 0.5) is 0 Å². The maximum absolute atomic E-state index is 2.66. The van der Waals surface area contributed by atoms with Crippen LogP contribution in [0.3, 0.4) is 0 Å². The Bertz CT molecular complexity index is 502. The highest BCUT2D eigenvalue weighted by Gasteiger charge is 2.23. The Morgan fingerprint density at radius 2 is 0.667 bits per heavy atom. The fraction of sp³-hybridized carbons (Fsp3) is 0.946. The Morgan fingerprint density at radius 3 is 1.03 bits per heavy atom. The van der Waals surface area contributed by atoms with Crippen molar-refractivity contribution in [3.05, 3.63) is 12.4 Å². The zero-order chi connectivity index (χ0) is 28.1. The SMILES string of the molecule is CCCCCCCCCCCCCCCCCCN1C=CN(CC)C1CCCCCCCCCCCCCC. The number of nitrogens with zero attached hydrogens (tertiary/aromatic N) is 2. The Kier molecular flexibility index (Phi) is 26.9. The van der Waals surface area contributed by atoms with Crippen LogP contribution in [0.5, 0.6) is 0 Å². The molecule has 0 aromatic carbocycles. The molecule has 0 radical (unpaired) electrons. The summed E-state index contributed by atoms with van der Waals surface area (Å²) in [4.78, 5) is 5.23. The molecule has 1 heterocycles. The fourth-order valence-electron chi connectivity index (χ4n) is 6.44. The van der Waals surface area contributed by atoms with E-state index in [0.717, 1.165) is 6.54 Å². The van der Waals surface area contributed by atoms with Crippen LogP contribution < -0.4 is 0 Å². The van der Waals surface area contributed by atoms with Gasteiger partial charge in [0.05, 0.1) is 0 Å². The summed E-state index contributed by atoms with van der Waals surface area (Å²) >= 11 is 0. The van der Waals surface area contributed by atoms with Crippen molar-refractivity contribution in [2.24, 2.45) is 0 Å². The van der Waals surface area contributed by atoms with Crippen molar-refractivity contribution in [2.45, 2.75) is 213 Å². The highest BCUT2D eigenvalue weighted by Crippen LogP contribution is 2.23. The lowest BCUT2D eigenvalue weighted by Crippen LogP contribution is -2.38. The molecule has 0 fully saturated rings. The molecule has 1 aliphatic heterocycles. The highest BCUT2D eigenvalue weighted by atomic mass is 15.4. The number of unbranched alkanes of at least 4 members (excludes halogenated alkanes) is 26. The van der Waals surface area contributed by atoms with Crippen molar-refractivity contribution < 1.29 is 0 Å². The molecule has 0 spiro atoms. The van der Waals surface area contributed by atoms with Gasteiger partial charge < -0.3 is 9.80 Å². The quantitative estimate of drug-likeness (QED) is 0.0798. The van der Waals surface area contributed by atoms with Gasteiger partial charge in [-0.2, -0.15) is 0 Å². The highest BCUT2D eigenvalue weighted by molar-refractivity contribution is 4.96. The topological polar surface area (TPSA) is 6.48 Å². The van der Waals surface area contributed by atoms with Gasteiger partial charge >= 0.3 is 0 Å². The monoisotopic (exact) mass is 547 g/mol. The van der Waals surface area contributed by atoms with E-state index < -0.39 is 0 Å². The molecule has 1 aliphatic rings. The van der Waals surface area contributed by atoms with Crippen LogP contribution in [-0.4, -0.2) is 29.1 Å². The number of hydrogen-bond donors (Lipinski definition) is 0. The molecule has 0 saturated carbocycles. The molecule has 0 aliphatic carbocycles. The Hall–Kier alpha value is -0.660. The lowest BCUT2D eigenvalue weighted by atomic mass is 10.0. The predicted octanol–water partition coefficient (Wildman–Crippen LogP) is 12.8. The third kappa shape index (κ3) is 21.7. The van der Waals surface area contributed by atoms with Gasteiger partial charge in [0.2, 0.25) is 0 Å². The van der Waals surface area contributed by atoms with Crippen molar-refractivity contribution in [3.63, 3.8) is 0 Å². The molecule has 1 atom stereocenters. The number of rotatable bonds is 31. The molecule has 232 valence electrons. The predicted molar refractivity (Wildman–Crippen MR) is 177 cm³/mol.